The third-order valence-corrected chi connectivity index (χ3v) is 3.76. The molecule has 1 unspecified atom stereocenters. The molecule has 0 radical (unpaired) electrons. The van der Waals surface area contributed by atoms with Gasteiger partial charge in [0.2, 0.25) is 0 Å². The van der Waals surface area contributed by atoms with Gasteiger partial charge in [0, 0.05) is 29.5 Å². The van der Waals surface area contributed by atoms with E-state index in [1.807, 2.05) is 12.1 Å². The van der Waals surface area contributed by atoms with E-state index in [4.69, 9.17) is 5.73 Å². The van der Waals surface area contributed by atoms with Crippen molar-refractivity contribution in [2.24, 2.45) is 11.7 Å². The summed E-state index contributed by atoms with van der Waals surface area (Å²) in [6, 6.07) is 4.29. The van der Waals surface area contributed by atoms with Gasteiger partial charge in [-0.1, -0.05) is 0 Å². The molecule has 4 nitrogen and oxygen atoms in total. The van der Waals surface area contributed by atoms with Crippen LogP contribution in [0.5, 0.6) is 0 Å². The Hall–Kier alpha value is -1.20. The van der Waals surface area contributed by atoms with Crippen LogP contribution in [-0.2, 0) is 0 Å². The number of nitrogens with zero attached hydrogens (tertiary/aromatic N) is 2. The highest BCUT2D eigenvalue weighted by Crippen LogP contribution is 2.34. The van der Waals surface area contributed by atoms with Crippen molar-refractivity contribution in [1.29, 1.82) is 0 Å². The molecule has 1 saturated carbocycles. The van der Waals surface area contributed by atoms with Crippen LogP contribution in [0.1, 0.15) is 12.8 Å². The molecule has 3 rings (SSSR count). The maximum absolute atomic E-state index is 5.82. The van der Waals surface area contributed by atoms with E-state index in [9.17, 15) is 0 Å². The lowest BCUT2D eigenvalue weighted by Gasteiger charge is -2.18. The third-order valence-electron chi connectivity index (χ3n) is 3.33. The van der Waals surface area contributed by atoms with Crippen LogP contribution in [0.4, 0.5) is 5.69 Å². The molecular formula is C13H15BrN4. The first-order valence-corrected chi connectivity index (χ1v) is 6.94. The highest BCUT2D eigenvalue weighted by atomic mass is 79.9. The molecule has 2 heterocycles. The Kier molecular flexibility index (Phi) is 3.18. The van der Waals surface area contributed by atoms with Crippen LogP contribution in [0.3, 0.4) is 0 Å². The highest BCUT2D eigenvalue weighted by Gasteiger charge is 2.30. The number of anilines is 1. The van der Waals surface area contributed by atoms with Crippen molar-refractivity contribution < 1.29 is 0 Å². The second-order valence-electron chi connectivity index (χ2n) is 4.70. The smallest absolute Gasteiger partial charge is 0.112 e. The summed E-state index contributed by atoms with van der Waals surface area (Å²) in [5, 5.41) is 3.51. The summed E-state index contributed by atoms with van der Waals surface area (Å²) in [6.45, 7) is 0.658. The normalized spacial score (nSPS) is 16.8. The molecule has 2 aromatic heterocycles. The summed E-state index contributed by atoms with van der Waals surface area (Å²) in [7, 11) is 0. The van der Waals surface area contributed by atoms with Crippen molar-refractivity contribution in [2.45, 2.75) is 18.9 Å². The minimum absolute atomic E-state index is 0.348. The average molecular weight is 307 g/mol. The average Bonchev–Trinajstić information content (AvgIpc) is 3.19. The van der Waals surface area contributed by atoms with Crippen molar-refractivity contribution in [3.63, 3.8) is 0 Å². The summed E-state index contributed by atoms with van der Waals surface area (Å²) in [6.07, 6.45) is 6.15. The first-order valence-electron chi connectivity index (χ1n) is 6.15. The molecule has 0 aromatic carbocycles. The molecule has 1 aliphatic carbocycles. The largest absolute Gasteiger partial charge is 0.379 e. The number of rotatable bonds is 4. The Morgan fingerprint density at radius 2 is 2.28 bits per heavy atom. The van der Waals surface area contributed by atoms with Crippen molar-refractivity contribution in [1.82, 2.24) is 9.97 Å². The van der Waals surface area contributed by atoms with E-state index in [1.165, 1.54) is 12.8 Å². The Bertz CT molecular complexity index is 568. The molecule has 0 amide bonds. The Morgan fingerprint density at radius 3 is 3.00 bits per heavy atom. The minimum Gasteiger partial charge on any atom is -0.379 e. The van der Waals surface area contributed by atoms with Crippen LogP contribution < -0.4 is 11.1 Å². The zero-order valence-corrected chi connectivity index (χ0v) is 11.5. The Balaban J connectivity index is 1.95. The minimum atomic E-state index is 0.348. The summed E-state index contributed by atoms with van der Waals surface area (Å²) in [5.41, 5.74) is 8.64. The van der Waals surface area contributed by atoms with Gasteiger partial charge in [-0.25, -0.2) is 0 Å². The van der Waals surface area contributed by atoms with Gasteiger partial charge in [-0.2, -0.15) is 0 Å². The van der Waals surface area contributed by atoms with E-state index in [0.717, 1.165) is 21.2 Å². The van der Waals surface area contributed by atoms with Crippen LogP contribution >= 0.6 is 15.9 Å². The molecule has 0 bridgehead atoms. The third kappa shape index (κ3) is 2.33. The van der Waals surface area contributed by atoms with E-state index in [2.05, 4.69) is 31.2 Å². The predicted molar refractivity (Wildman–Crippen MR) is 76.4 cm³/mol. The standard InChI is InChI=1S/C13H15BrN4/c14-9-5-11-13(17-7-9)10(3-4-16-11)18-12(6-15)8-1-2-8/h3-5,7-8,12H,1-2,6,15H2,(H,16,18). The summed E-state index contributed by atoms with van der Waals surface area (Å²) < 4.78 is 0.942. The van der Waals surface area contributed by atoms with Gasteiger partial charge in [-0.05, 0) is 46.8 Å². The van der Waals surface area contributed by atoms with Crippen LogP contribution in [0, 0.1) is 5.92 Å². The molecular weight excluding hydrogens is 292 g/mol. The van der Waals surface area contributed by atoms with E-state index >= 15 is 0 Å². The molecule has 1 fully saturated rings. The molecule has 0 aliphatic heterocycles. The fourth-order valence-corrected chi connectivity index (χ4v) is 2.51. The highest BCUT2D eigenvalue weighted by molar-refractivity contribution is 9.10. The van der Waals surface area contributed by atoms with Crippen LogP contribution in [0.15, 0.2) is 29.0 Å². The first kappa shape index (κ1) is 11.9. The Morgan fingerprint density at radius 1 is 1.44 bits per heavy atom. The summed E-state index contributed by atoms with van der Waals surface area (Å²) in [5.74, 6) is 0.716. The van der Waals surface area contributed by atoms with Gasteiger partial charge in [-0.15, -0.1) is 0 Å². The van der Waals surface area contributed by atoms with Gasteiger partial charge in [0.1, 0.15) is 5.52 Å². The van der Waals surface area contributed by atoms with Crippen molar-refractivity contribution in [2.75, 3.05) is 11.9 Å². The van der Waals surface area contributed by atoms with Gasteiger partial charge in [-0.3, -0.25) is 9.97 Å². The van der Waals surface area contributed by atoms with Gasteiger partial charge in [0.15, 0.2) is 0 Å². The van der Waals surface area contributed by atoms with Gasteiger partial charge < -0.3 is 11.1 Å². The topological polar surface area (TPSA) is 63.8 Å². The fourth-order valence-electron chi connectivity index (χ4n) is 2.19. The monoisotopic (exact) mass is 306 g/mol. The fraction of sp³-hybridized carbons (Fsp3) is 0.385. The van der Waals surface area contributed by atoms with E-state index in [1.54, 1.807) is 12.4 Å². The second-order valence-corrected chi connectivity index (χ2v) is 5.62. The van der Waals surface area contributed by atoms with E-state index < -0.39 is 0 Å². The van der Waals surface area contributed by atoms with Gasteiger partial charge in [0.25, 0.3) is 0 Å². The first-order chi connectivity index (χ1) is 8.78. The molecule has 5 heteroatoms. The quantitative estimate of drug-likeness (QED) is 0.911. The zero-order chi connectivity index (χ0) is 12.5. The summed E-state index contributed by atoms with van der Waals surface area (Å²) >= 11 is 3.41. The lowest BCUT2D eigenvalue weighted by molar-refractivity contribution is 0.646. The van der Waals surface area contributed by atoms with Crippen molar-refractivity contribution in [3.8, 4) is 0 Å². The van der Waals surface area contributed by atoms with Crippen LogP contribution in [-0.4, -0.2) is 22.6 Å². The number of nitrogens with one attached hydrogen (secondary N) is 1. The molecule has 94 valence electrons. The molecule has 3 N–H and O–H groups in total. The van der Waals surface area contributed by atoms with E-state index in [0.29, 0.717) is 18.5 Å². The lowest BCUT2D eigenvalue weighted by Crippen LogP contribution is -2.30. The number of pyridine rings is 2. The lowest BCUT2D eigenvalue weighted by atomic mass is 10.1. The SMILES string of the molecule is NCC(Nc1ccnc2cc(Br)cnc12)C1CC1. The van der Waals surface area contributed by atoms with Crippen LogP contribution in [0.2, 0.25) is 0 Å². The zero-order valence-electron chi connectivity index (χ0n) is 9.94. The number of hydrogen-bond acceptors (Lipinski definition) is 4. The molecule has 1 aliphatic rings. The maximum Gasteiger partial charge on any atom is 0.112 e. The number of hydrogen-bond donors (Lipinski definition) is 2. The number of fused-ring (bicyclic) bond motifs is 1. The molecule has 1 atom stereocenters. The number of nitrogens with two attached hydrogens (primary N) is 1. The molecule has 0 saturated heterocycles. The van der Waals surface area contributed by atoms with E-state index in [-0.39, 0.29) is 0 Å². The predicted octanol–water partition coefficient (Wildman–Crippen LogP) is 2.54. The molecule has 18 heavy (non-hydrogen) atoms. The van der Waals surface area contributed by atoms with Gasteiger partial charge in [0.05, 0.1) is 11.2 Å². The van der Waals surface area contributed by atoms with Crippen LogP contribution in [0.25, 0.3) is 11.0 Å². The molecule has 0 spiro atoms. The van der Waals surface area contributed by atoms with Crippen molar-refractivity contribution in [3.05, 3.63) is 29.0 Å². The Labute approximate surface area is 114 Å². The summed E-state index contributed by atoms with van der Waals surface area (Å²) in [4.78, 5) is 8.77. The van der Waals surface area contributed by atoms with Crippen molar-refractivity contribution >= 4 is 32.7 Å². The number of aromatic nitrogens is 2. The molecule has 2 aromatic rings. The van der Waals surface area contributed by atoms with Gasteiger partial charge >= 0.3 is 0 Å². The maximum atomic E-state index is 5.82. The second kappa shape index (κ2) is 4.82. The number of halogens is 1.